The van der Waals surface area contributed by atoms with Crippen LogP contribution in [-0.4, -0.2) is 16.1 Å². The Morgan fingerprint density at radius 2 is 2.33 bits per heavy atom. The molecule has 94 valence electrons. The van der Waals surface area contributed by atoms with E-state index < -0.39 is 5.97 Å². The molecule has 2 aromatic rings. The second-order valence-electron chi connectivity index (χ2n) is 3.57. The van der Waals surface area contributed by atoms with Gasteiger partial charge in [0.25, 0.3) is 0 Å². The molecule has 0 aliphatic rings. The summed E-state index contributed by atoms with van der Waals surface area (Å²) in [7, 11) is 0. The Morgan fingerprint density at radius 3 is 2.94 bits per heavy atom. The lowest BCUT2D eigenvalue weighted by atomic mass is 10.4. The Bertz CT molecular complexity index is 583. The highest BCUT2D eigenvalue weighted by Crippen LogP contribution is 2.28. The molecule has 0 saturated heterocycles. The van der Waals surface area contributed by atoms with Crippen molar-refractivity contribution in [3.8, 4) is 0 Å². The smallest absolute Gasteiger partial charge is 0.347 e. The number of aromatic nitrogens is 1. The first-order valence-electron chi connectivity index (χ1n) is 5.14. The molecule has 0 radical (unpaired) electrons. The van der Waals surface area contributed by atoms with E-state index in [1.54, 1.807) is 18.7 Å². The summed E-state index contributed by atoms with van der Waals surface area (Å²) in [6.07, 6.45) is 0. The standard InChI is InChI=1S/C12H10ClNO2S2/c1-7-11(12(15)16)18-10(14-7)6-17-9-4-2-3-8(13)5-9/h2-5H,6H2,1H3,(H,15,16). The van der Waals surface area contributed by atoms with E-state index in [9.17, 15) is 4.79 Å². The minimum Gasteiger partial charge on any atom is -0.477 e. The molecule has 1 aromatic carbocycles. The summed E-state index contributed by atoms with van der Waals surface area (Å²) >= 11 is 8.71. The van der Waals surface area contributed by atoms with Crippen LogP contribution in [0.25, 0.3) is 0 Å². The summed E-state index contributed by atoms with van der Waals surface area (Å²) in [5.41, 5.74) is 0.578. The molecular formula is C12H10ClNO2S2. The number of halogens is 1. The minimum absolute atomic E-state index is 0.316. The summed E-state index contributed by atoms with van der Waals surface area (Å²) < 4.78 is 0. The quantitative estimate of drug-likeness (QED) is 0.864. The first-order valence-corrected chi connectivity index (χ1v) is 7.32. The highest BCUT2D eigenvalue weighted by atomic mass is 35.5. The Morgan fingerprint density at radius 1 is 1.56 bits per heavy atom. The van der Waals surface area contributed by atoms with Gasteiger partial charge in [-0.15, -0.1) is 23.1 Å². The van der Waals surface area contributed by atoms with Gasteiger partial charge in [-0.2, -0.15) is 0 Å². The van der Waals surface area contributed by atoms with Crippen molar-refractivity contribution < 1.29 is 9.90 Å². The number of thiazole rings is 1. The molecule has 0 spiro atoms. The van der Waals surface area contributed by atoms with Crippen LogP contribution >= 0.6 is 34.7 Å². The van der Waals surface area contributed by atoms with Crippen molar-refractivity contribution in [2.24, 2.45) is 0 Å². The molecule has 0 fully saturated rings. The third-order valence-electron chi connectivity index (χ3n) is 2.19. The van der Waals surface area contributed by atoms with E-state index in [1.165, 1.54) is 11.3 Å². The third kappa shape index (κ3) is 3.25. The van der Waals surface area contributed by atoms with Gasteiger partial charge in [-0.25, -0.2) is 9.78 Å². The van der Waals surface area contributed by atoms with Gasteiger partial charge in [-0.1, -0.05) is 17.7 Å². The fourth-order valence-corrected chi connectivity index (χ4v) is 3.52. The Kier molecular flexibility index (Phi) is 4.27. The van der Waals surface area contributed by atoms with Gasteiger partial charge < -0.3 is 5.11 Å². The SMILES string of the molecule is Cc1nc(CSc2cccc(Cl)c2)sc1C(=O)O. The predicted octanol–water partition coefficient (Wildman–Crippen LogP) is 4.10. The molecule has 0 bridgehead atoms. The second kappa shape index (κ2) is 5.73. The normalized spacial score (nSPS) is 10.6. The highest BCUT2D eigenvalue weighted by Gasteiger charge is 2.13. The lowest BCUT2D eigenvalue weighted by Gasteiger charge is -1.99. The fourth-order valence-electron chi connectivity index (χ4n) is 1.41. The average Bonchev–Trinajstić information content (AvgIpc) is 2.68. The summed E-state index contributed by atoms with van der Waals surface area (Å²) in [4.78, 5) is 16.5. The largest absolute Gasteiger partial charge is 0.477 e. The van der Waals surface area contributed by atoms with Crippen LogP contribution in [0.1, 0.15) is 20.4 Å². The van der Waals surface area contributed by atoms with Crippen molar-refractivity contribution in [3.05, 3.63) is 44.9 Å². The Balaban J connectivity index is 2.06. The monoisotopic (exact) mass is 299 g/mol. The molecule has 1 aromatic heterocycles. The number of hydrogen-bond acceptors (Lipinski definition) is 4. The van der Waals surface area contributed by atoms with Gasteiger partial charge in [0.2, 0.25) is 0 Å². The number of hydrogen-bond donors (Lipinski definition) is 1. The molecule has 18 heavy (non-hydrogen) atoms. The van der Waals surface area contributed by atoms with Crippen molar-refractivity contribution in [3.63, 3.8) is 0 Å². The molecule has 3 nitrogen and oxygen atoms in total. The number of carbonyl (C=O) groups is 1. The van der Waals surface area contributed by atoms with E-state index in [-0.39, 0.29) is 0 Å². The van der Waals surface area contributed by atoms with Gasteiger partial charge >= 0.3 is 5.97 Å². The Hall–Kier alpha value is -1.04. The third-order valence-corrected chi connectivity index (χ3v) is 4.76. The summed E-state index contributed by atoms with van der Waals surface area (Å²) in [6, 6.07) is 7.56. The van der Waals surface area contributed by atoms with Crippen LogP contribution in [0.15, 0.2) is 29.2 Å². The van der Waals surface area contributed by atoms with Gasteiger partial charge in [-0.05, 0) is 25.1 Å². The molecule has 0 unspecified atom stereocenters. The summed E-state index contributed by atoms with van der Waals surface area (Å²) in [6.45, 7) is 1.72. The van der Waals surface area contributed by atoms with Crippen LogP contribution in [0.5, 0.6) is 0 Å². The van der Waals surface area contributed by atoms with Gasteiger partial charge in [0, 0.05) is 9.92 Å². The van der Waals surface area contributed by atoms with Crippen molar-refractivity contribution in [1.29, 1.82) is 0 Å². The van der Waals surface area contributed by atoms with Crippen LogP contribution in [0.3, 0.4) is 0 Å². The van der Waals surface area contributed by atoms with Crippen molar-refractivity contribution in [1.82, 2.24) is 4.98 Å². The number of aromatic carboxylic acids is 1. The zero-order chi connectivity index (χ0) is 13.1. The number of aryl methyl sites for hydroxylation is 1. The lowest BCUT2D eigenvalue weighted by molar-refractivity contribution is 0.0701. The number of carboxylic acid groups (broad SMARTS) is 1. The van der Waals surface area contributed by atoms with Crippen LogP contribution in [-0.2, 0) is 5.75 Å². The fraction of sp³-hybridized carbons (Fsp3) is 0.167. The highest BCUT2D eigenvalue weighted by molar-refractivity contribution is 7.98. The van der Waals surface area contributed by atoms with Crippen molar-refractivity contribution >= 4 is 40.7 Å². The molecule has 1 heterocycles. The zero-order valence-corrected chi connectivity index (χ0v) is 11.9. The molecule has 6 heteroatoms. The molecule has 1 N–H and O–H groups in total. The number of nitrogens with zero attached hydrogens (tertiary/aromatic N) is 1. The number of thioether (sulfide) groups is 1. The van der Waals surface area contributed by atoms with E-state index in [2.05, 4.69) is 4.98 Å². The topological polar surface area (TPSA) is 50.2 Å². The van der Waals surface area contributed by atoms with Crippen molar-refractivity contribution in [2.45, 2.75) is 17.6 Å². The van der Waals surface area contributed by atoms with E-state index in [1.807, 2.05) is 24.3 Å². The number of benzene rings is 1. The van der Waals surface area contributed by atoms with Gasteiger partial charge in [0.1, 0.15) is 9.88 Å². The summed E-state index contributed by atoms with van der Waals surface area (Å²) in [5, 5.41) is 10.5. The van der Waals surface area contributed by atoms with E-state index in [0.29, 0.717) is 21.3 Å². The van der Waals surface area contributed by atoms with E-state index in [0.717, 1.165) is 9.90 Å². The predicted molar refractivity (Wildman–Crippen MR) is 74.8 cm³/mol. The maximum atomic E-state index is 10.9. The van der Waals surface area contributed by atoms with Crippen LogP contribution in [0.4, 0.5) is 0 Å². The number of rotatable bonds is 4. The maximum Gasteiger partial charge on any atom is 0.347 e. The number of carboxylic acids is 1. The molecule has 0 aliphatic heterocycles. The van der Waals surface area contributed by atoms with E-state index in [4.69, 9.17) is 16.7 Å². The average molecular weight is 300 g/mol. The van der Waals surface area contributed by atoms with Gasteiger partial charge in [0.15, 0.2) is 0 Å². The molecule has 0 amide bonds. The van der Waals surface area contributed by atoms with Crippen molar-refractivity contribution in [2.75, 3.05) is 0 Å². The molecular weight excluding hydrogens is 290 g/mol. The molecule has 0 saturated carbocycles. The minimum atomic E-state index is -0.913. The van der Waals surface area contributed by atoms with Crippen LogP contribution in [0.2, 0.25) is 5.02 Å². The molecule has 0 aliphatic carbocycles. The summed E-state index contributed by atoms with van der Waals surface area (Å²) in [5.74, 6) is -0.261. The maximum absolute atomic E-state index is 10.9. The second-order valence-corrected chi connectivity index (χ2v) is 6.14. The molecule has 2 rings (SSSR count). The van der Waals surface area contributed by atoms with Gasteiger partial charge in [-0.3, -0.25) is 0 Å². The van der Waals surface area contributed by atoms with Gasteiger partial charge in [0.05, 0.1) is 11.4 Å². The lowest BCUT2D eigenvalue weighted by Crippen LogP contribution is -1.94. The van der Waals surface area contributed by atoms with E-state index >= 15 is 0 Å². The first kappa shape index (κ1) is 13.4. The molecule has 0 atom stereocenters. The zero-order valence-electron chi connectivity index (χ0n) is 9.51. The Labute approximate surface area is 118 Å². The van der Waals surface area contributed by atoms with Crippen LogP contribution < -0.4 is 0 Å². The van der Waals surface area contributed by atoms with Crippen LogP contribution in [0, 0.1) is 6.92 Å². The first-order chi connectivity index (χ1) is 8.56.